The standard InChI is InChI=1S/C27H25FN4O3/c1-18(21-9-6-10-23(13-21)30-19(2)33)32(15-20-7-4-3-5-8-20)26(34)16-31-17-29-25-12-11-22(28)14-24(25)27(31)35/h3-14,17-18H,15-16H2,1-2H3,(H,30,33). The van der Waals surface area contributed by atoms with Crippen LogP contribution in [0.5, 0.6) is 0 Å². The molecule has 178 valence electrons. The van der Waals surface area contributed by atoms with Crippen LogP contribution in [0.3, 0.4) is 0 Å². The average Bonchev–Trinajstić information content (AvgIpc) is 2.84. The number of halogens is 1. The van der Waals surface area contributed by atoms with Crippen molar-refractivity contribution in [3.05, 3.63) is 106 Å². The number of nitrogens with zero attached hydrogens (tertiary/aromatic N) is 3. The molecule has 1 atom stereocenters. The monoisotopic (exact) mass is 472 g/mol. The smallest absolute Gasteiger partial charge is 0.261 e. The van der Waals surface area contributed by atoms with Gasteiger partial charge in [-0.2, -0.15) is 0 Å². The number of anilines is 1. The molecule has 4 rings (SSSR count). The number of benzene rings is 3. The highest BCUT2D eigenvalue weighted by molar-refractivity contribution is 5.88. The van der Waals surface area contributed by atoms with E-state index >= 15 is 0 Å². The molecule has 0 fully saturated rings. The molecule has 1 unspecified atom stereocenters. The van der Waals surface area contributed by atoms with E-state index in [2.05, 4.69) is 10.3 Å². The van der Waals surface area contributed by atoms with Gasteiger partial charge in [0.2, 0.25) is 11.8 Å². The predicted octanol–water partition coefficient (Wildman–Crippen LogP) is 4.28. The molecule has 0 aliphatic heterocycles. The average molecular weight is 473 g/mol. The summed E-state index contributed by atoms with van der Waals surface area (Å²) in [6.07, 6.45) is 1.31. The van der Waals surface area contributed by atoms with Gasteiger partial charge in [-0.25, -0.2) is 9.37 Å². The lowest BCUT2D eigenvalue weighted by Gasteiger charge is -2.30. The lowest BCUT2D eigenvalue weighted by Crippen LogP contribution is -2.38. The van der Waals surface area contributed by atoms with Crippen molar-refractivity contribution in [2.45, 2.75) is 33.0 Å². The van der Waals surface area contributed by atoms with Gasteiger partial charge >= 0.3 is 0 Å². The molecule has 35 heavy (non-hydrogen) atoms. The van der Waals surface area contributed by atoms with Crippen molar-refractivity contribution >= 4 is 28.4 Å². The second kappa shape index (κ2) is 10.3. The molecule has 0 saturated heterocycles. The summed E-state index contributed by atoms with van der Waals surface area (Å²) in [7, 11) is 0. The summed E-state index contributed by atoms with van der Waals surface area (Å²) in [6.45, 7) is 3.39. The number of nitrogens with one attached hydrogen (secondary N) is 1. The van der Waals surface area contributed by atoms with Crippen molar-refractivity contribution in [3.63, 3.8) is 0 Å². The Morgan fingerprint density at radius 2 is 1.83 bits per heavy atom. The predicted molar refractivity (Wildman–Crippen MR) is 132 cm³/mol. The number of fused-ring (bicyclic) bond motifs is 1. The van der Waals surface area contributed by atoms with Crippen molar-refractivity contribution in [2.24, 2.45) is 0 Å². The van der Waals surface area contributed by atoms with Gasteiger partial charge in [0.05, 0.1) is 23.3 Å². The second-order valence-corrected chi connectivity index (χ2v) is 8.33. The topological polar surface area (TPSA) is 84.3 Å². The summed E-state index contributed by atoms with van der Waals surface area (Å²) < 4.78 is 14.9. The normalized spacial score (nSPS) is 11.7. The number of amides is 2. The van der Waals surface area contributed by atoms with Crippen LogP contribution in [0.2, 0.25) is 0 Å². The Hall–Kier alpha value is -4.33. The summed E-state index contributed by atoms with van der Waals surface area (Å²) >= 11 is 0. The highest BCUT2D eigenvalue weighted by atomic mass is 19.1. The lowest BCUT2D eigenvalue weighted by atomic mass is 10.0. The van der Waals surface area contributed by atoms with Crippen LogP contribution < -0.4 is 10.9 Å². The Kier molecular flexibility index (Phi) is 7.01. The van der Waals surface area contributed by atoms with Crippen LogP contribution in [0, 0.1) is 5.82 Å². The van der Waals surface area contributed by atoms with Crippen molar-refractivity contribution in [1.82, 2.24) is 14.5 Å². The minimum absolute atomic E-state index is 0.117. The lowest BCUT2D eigenvalue weighted by molar-refractivity contribution is -0.134. The zero-order valence-corrected chi connectivity index (χ0v) is 19.4. The number of aromatic nitrogens is 2. The molecule has 8 heteroatoms. The van der Waals surface area contributed by atoms with Gasteiger partial charge in [-0.15, -0.1) is 0 Å². The largest absolute Gasteiger partial charge is 0.330 e. The first-order chi connectivity index (χ1) is 16.8. The fourth-order valence-electron chi connectivity index (χ4n) is 3.96. The fraction of sp³-hybridized carbons (Fsp3) is 0.185. The van der Waals surface area contributed by atoms with Crippen LogP contribution in [0.4, 0.5) is 10.1 Å². The summed E-state index contributed by atoms with van der Waals surface area (Å²) in [5, 5.41) is 2.88. The third kappa shape index (κ3) is 5.60. The Morgan fingerprint density at radius 3 is 2.57 bits per heavy atom. The van der Waals surface area contributed by atoms with Gasteiger partial charge in [-0.1, -0.05) is 42.5 Å². The molecule has 1 N–H and O–H groups in total. The first kappa shape index (κ1) is 23.8. The molecule has 2 amide bonds. The molecule has 7 nitrogen and oxygen atoms in total. The van der Waals surface area contributed by atoms with E-state index in [1.807, 2.05) is 55.5 Å². The zero-order valence-electron chi connectivity index (χ0n) is 19.4. The molecule has 0 aliphatic rings. The van der Waals surface area contributed by atoms with Crippen LogP contribution in [-0.2, 0) is 22.7 Å². The molecular weight excluding hydrogens is 447 g/mol. The molecule has 3 aromatic carbocycles. The van der Waals surface area contributed by atoms with E-state index in [1.165, 1.54) is 30.0 Å². The molecule has 0 radical (unpaired) electrons. The minimum atomic E-state index is -0.543. The fourth-order valence-corrected chi connectivity index (χ4v) is 3.96. The van der Waals surface area contributed by atoms with Crippen LogP contribution in [0.1, 0.15) is 31.0 Å². The van der Waals surface area contributed by atoms with E-state index in [-0.39, 0.29) is 29.8 Å². The van der Waals surface area contributed by atoms with E-state index in [9.17, 15) is 18.8 Å². The van der Waals surface area contributed by atoms with Crippen molar-refractivity contribution in [1.29, 1.82) is 0 Å². The second-order valence-electron chi connectivity index (χ2n) is 8.33. The maximum atomic E-state index is 13.7. The van der Waals surface area contributed by atoms with Crippen molar-refractivity contribution < 1.29 is 14.0 Å². The van der Waals surface area contributed by atoms with Crippen molar-refractivity contribution in [3.8, 4) is 0 Å². The van der Waals surface area contributed by atoms with E-state index in [0.29, 0.717) is 17.7 Å². The maximum Gasteiger partial charge on any atom is 0.261 e. The summed E-state index contributed by atoms with van der Waals surface area (Å²) in [5.41, 5.74) is 2.27. The van der Waals surface area contributed by atoms with E-state index in [4.69, 9.17) is 0 Å². The number of hydrogen-bond acceptors (Lipinski definition) is 4. The Bertz CT molecular complexity index is 1440. The van der Waals surface area contributed by atoms with Gasteiger partial charge in [-0.3, -0.25) is 19.0 Å². The van der Waals surface area contributed by atoms with Crippen LogP contribution in [0.25, 0.3) is 10.9 Å². The first-order valence-corrected chi connectivity index (χ1v) is 11.2. The summed E-state index contributed by atoms with van der Waals surface area (Å²) in [4.78, 5) is 43.8. The van der Waals surface area contributed by atoms with E-state index < -0.39 is 11.4 Å². The third-order valence-corrected chi connectivity index (χ3v) is 5.76. The van der Waals surface area contributed by atoms with Gasteiger partial charge in [-0.05, 0) is 48.4 Å². The zero-order chi connectivity index (χ0) is 24.9. The number of carbonyl (C=O) groups excluding carboxylic acids is 2. The number of rotatable bonds is 7. The van der Waals surface area contributed by atoms with Crippen LogP contribution >= 0.6 is 0 Å². The molecule has 0 spiro atoms. The highest BCUT2D eigenvalue weighted by Crippen LogP contribution is 2.25. The number of carbonyl (C=O) groups is 2. The molecular formula is C27H25FN4O3. The number of hydrogen-bond donors (Lipinski definition) is 1. The van der Waals surface area contributed by atoms with E-state index in [0.717, 1.165) is 17.2 Å². The minimum Gasteiger partial charge on any atom is -0.330 e. The SMILES string of the molecule is CC(=O)Nc1cccc(C(C)N(Cc2ccccc2)C(=O)Cn2cnc3ccc(F)cc3c2=O)c1. The van der Waals surface area contributed by atoms with Crippen LogP contribution in [0.15, 0.2) is 83.9 Å². The molecule has 1 heterocycles. The third-order valence-electron chi connectivity index (χ3n) is 5.76. The maximum absolute atomic E-state index is 13.7. The Balaban J connectivity index is 1.67. The highest BCUT2D eigenvalue weighted by Gasteiger charge is 2.23. The summed E-state index contributed by atoms with van der Waals surface area (Å²) in [5.74, 6) is -1.03. The summed E-state index contributed by atoms with van der Waals surface area (Å²) in [6, 6.07) is 20.3. The van der Waals surface area contributed by atoms with Gasteiger partial charge in [0, 0.05) is 19.2 Å². The first-order valence-electron chi connectivity index (χ1n) is 11.2. The Morgan fingerprint density at radius 1 is 1.06 bits per heavy atom. The quantitative estimate of drug-likeness (QED) is 0.435. The van der Waals surface area contributed by atoms with Gasteiger partial charge in [0.1, 0.15) is 12.4 Å². The molecule has 0 saturated carbocycles. The van der Waals surface area contributed by atoms with Gasteiger partial charge in [0.15, 0.2) is 0 Å². The Labute approximate surface area is 201 Å². The molecule has 0 aliphatic carbocycles. The van der Waals surface area contributed by atoms with Crippen LogP contribution in [-0.4, -0.2) is 26.3 Å². The van der Waals surface area contributed by atoms with Gasteiger partial charge < -0.3 is 10.2 Å². The molecule has 4 aromatic rings. The van der Waals surface area contributed by atoms with Gasteiger partial charge in [0.25, 0.3) is 5.56 Å². The van der Waals surface area contributed by atoms with E-state index in [1.54, 1.807) is 11.0 Å². The molecule has 1 aromatic heterocycles. The van der Waals surface area contributed by atoms with Crippen molar-refractivity contribution in [2.75, 3.05) is 5.32 Å². The molecule has 0 bridgehead atoms.